The lowest BCUT2D eigenvalue weighted by atomic mass is 9.96. The van der Waals surface area contributed by atoms with Gasteiger partial charge in [0.1, 0.15) is 0 Å². The van der Waals surface area contributed by atoms with Crippen molar-refractivity contribution in [3.8, 4) is 0 Å². The predicted molar refractivity (Wildman–Crippen MR) is 84.1 cm³/mol. The average Bonchev–Trinajstić information content (AvgIpc) is 2.55. The molecule has 1 aliphatic carbocycles. The number of carbonyl (C=O) groups is 1. The van der Waals surface area contributed by atoms with Crippen LogP contribution >= 0.6 is 0 Å². The number of rotatable bonds is 3. The number of carbonyl (C=O) groups excluding carboxylic acids is 1. The molecule has 120 valence electrons. The minimum atomic E-state index is -0.311. The number of hydrogen-bond donors (Lipinski definition) is 1. The third-order valence-corrected chi connectivity index (χ3v) is 4.47. The number of nitrogens with zero attached hydrogens (tertiary/aromatic N) is 3. The van der Waals surface area contributed by atoms with E-state index >= 15 is 0 Å². The highest BCUT2D eigenvalue weighted by Crippen LogP contribution is 2.24. The Kier molecular flexibility index (Phi) is 4.75. The molecule has 1 fully saturated rings. The molecule has 0 atom stereocenters. The van der Waals surface area contributed by atoms with Crippen molar-refractivity contribution in [3.05, 3.63) is 17.3 Å². The number of ether oxygens (including phenoxy) is 1. The minimum absolute atomic E-state index is 0.195. The van der Waals surface area contributed by atoms with Gasteiger partial charge in [0.2, 0.25) is 0 Å². The van der Waals surface area contributed by atoms with Crippen molar-refractivity contribution in [3.63, 3.8) is 0 Å². The molecule has 0 radical (unpaired) electrons. The summed E-state index contributed by atoms with van der Waals surface area (Å²) in [6.45, 7) is 4.02. The van der Waals surface area contributed by atoms with Gasteiger partial charge in [0.05, 0.1) is 12.3 Å². The molecule has 2 heterocycles. The fraction of sp³-hybridized carbons (Fsp3) is 0.688. The van der Waals surface area contributed by atoms with Crippen LogP contribution in [0.4, 0.5) is 10.6 Å². The van der Waals surface area contributed by atoms with Gasteiger partial charge >= 0.3 is 6.09 Å². The third-order valence-electron chi connectivity index (χ3n) is 4.47. The van der Waals surface area contributed by atoms with Crippen molar-refractivity contribution in [2.24, 2.45) is 0 Å². The normalized spacial score (nSPS) is 18.7. The van der Waals surface area contributed by atoms with Crippen LogP contribution in [0.2, 0.25) is 0 Å². The summed E-state index contributed by atoms with van der Waals surface area (Å²) in [6.07, 6.45) is 6.19. The Hall–Kier alpha value is -1.85. The maximum absolute atomic E-state index is 11.5. The van der Waals surface area contributed by atoms with Crippen molar-refractivity contribution in [2.75, 3.05) is 24.6 Å². The van der Waals surface area contributed by atoms with Crippen LogP contribution in [0.3, 0.4) is 0 Å². The Bertz CT molecular complexity index is 527. The van der Waals surface area contributed by atoms with E-state index < -0.39 is 0 Å². The second-order valence-electron chi connectivity index (χ2n) is 6.01. The molecule has 2 aliphatic rings. The molecule has 0 unspecified atom stereocenters. The van der Waals surface area contributed by atoms with E-state index in [1.54, 1.807) is 0 Å². The molecular weight excluding hydrogens is 280 g/mol. The quantitative estimate of drug-likeness (QED) is 0.926. The molecule has 0 bridgehead atoms. The van der Waals surface area contributed by atoms with E-state index in [9.17, 15) is 4.79 Å². The SMILES string of the molecule is CCOC(=O)NC1CCN(c2cc3c(nn2)CCCC3)CC1. The first kappa shape index (κ1) is 15.1. The summed E-state index contributed by atoms with van der Waals surface area (Å²) in [7, 11) is 0. The summed E-state index contributed by atoms with van der Waals surface area (Å²) >= 11 is 0. The molecule has 22 heavy (non-hydrogen) atoms. The first-order valence-electron chi connectivity index (χ1n) is 8.30. The maximum atomic E-state index is 11.5. The number of alkyl carbamates (subject to hydrolysis) is 1. The molecule has 0 saturated carbocycles. The molecule has 1 amide bonds. The summed E-state index contributed by atoms with van der Waals surface area (Å²) in [4.78, 5) is 13.7. The van der Waals surface area contributed by atoms with Gasteiger partial charge in [-0.25, -0.2) is 4.79 Å². The number of hydrogen-bond acceptors (Lipinski definition) is 5. The second-order valence-corrected chi connectivity index (χ2v) is 6.01. The Morgan fingerprint density at radius 3 is 2.86 bits per heavy atom. The number of amides is 1. The van der Waals surface area contributed by atoms with Crippen molar-refractivity contribution < 1.29 is 9.53 Å². The van der Waals surface area contributed by atoms with Gasteiger partial charge < -0.3 is 15.0 Å². The van der Waals surface area contributed by atoms with E-state index in [0.29, 0.717) is 6.61 Å². The Balaban J connectivity index is 1.56. The largest absolute Gasteiger partial charge is 0.450 e. The van der Waals surface area contributed by atoms with Crippen LogP contribution in [0, 0.1) is 0 Å². The van der Waals surface area contributed by atoms with E-state index in [1.165, 1.54) is 24.1 Å². The smallest absolute Gasteiger partial charge is 0.407 e. The van der Waals surface area contributed by atoms with Crippen molar-refractivity contribution in [1.29, 1.82) is 0 Å². The molecule has 1 saturated heterocycles. The molecule has 6 heteroatoms. The van der Waals surface area contributed by atoms with Crippen molar-refractivity contribution in [2.45, 2.75) is 51.5 Å². The van der Waals surface area contributed by atoms with Crippen molar-refractivity contribution >= 4 is 11.9 Å². The lowest BCUT2D eigenvalue weighted by molar-refractivity contribution is 0.146. The lowest BCUT2D eigenvalue weighted by Crippen LogP contribution is -2.45. The van der Waals surface area contributed by atoms with Gasteiger partial charge in [-0.15, -0.1) is 5.10 Å². The van der Waals surface area contributed by atoms with Crippen LogP contribution < -0.4 is 10.2 Å². The van der Waals surface area contributed by atoms with Crippen LogP contribution in [0.25, 0.3) is 0 Å². The molecule has 0 aromatic carbocycles. The summed E-state index contributed by atoms with van der Waals surface area (Å²) in [5.74, 6) is 0.982. The topological polar surface area (TPSA) is 67.3 Å². The highest BCUT2D eigenvalue weighted by molar-refractivity contribution is 5.67. The van der Waals surface area contributed by atoms with E-state index in [0.717, 1.165) is 44.6 Å². The van der Waals surface area contributed by atoms with Gasteiger partial charge in [0.25, 0.3) is 0 Å². The highest BCUT2D eigenvalue weighted by Gasteiger charge is 2.23. The molecule has 1 aliphatic heterocycles. The lowest BCUT2D eigenvalue weighted by Gasteiger charge is -2.33. The van der Waals surface area contributed by atoms with Crippen LogP contribution in [-0.2, 0) is 17.6 Å². The Morgan fingerprint density at radius 2 is 2.09 bits per heavy atom. The molecule has 6 nitrogen and oxygen atoms in total. The molecule has 3 rings (SSSR count). The zero-order chi connectivity index (χ0) is 15.4. The number of aromatic nitrogens is 2. The Labute approximate surface area is 131 Å². The number of aryl methyl sites for hydroxylation is 2. The summed E-state index contributed by atoms with van der Waals surface area (Å²) in [5, 5.41) is 11.7. The van der Waals surface area contributed by atoms with E-state index in [2.05, 4.69) is 26.5 Å². The summed E-state index contributed by atoms with van der Waals surface area (Å²) < 4.78 is 4.93. The maximum Gasteiger partial charge on any atom is 0.407 e. The third kappa shape index (κ3) is 3.48. The molecule has 0 spiro atoms. The standard InChI is InChI=1S/C16H24N4O2/c1-2-22-16(21)17-13-7-9-20(10-8-13)15-11-12-5-3-4-6-14(12)18-19-15/h11,13H,2-10H2,1H3,(H,17,21). The number of anilines is 1. The van der Waals surface area contributed by atoms with Crippen LogP contribution in [0.15, 0.2) is 6.07 Å². The Morgan fingerprint density at radius 1 is 1.32 bits per heavy atom. The fourth-order valence-corrected chi connectivity index (χ4v) is 3.23. The zero-order valence-electron chi connectivity index (χ0n) is 13.2. The van der Waals surface area contributed by atoms with Crippen LogP contribution in [0.5, 0.6) is 0 Å². The van der Waals surface area contributed by atoms with E-state index in [4.69, 9.17) is 4.74 Å². The van der Waals surface area contributed by atoms with E-state index in [1.807, 2.05) is 6.92 Å². The van der Waals surface area contributed by atoms with Crippen LogP contribution in [0.1, 0.15) is 43.9 Å². The molecule has 1 aromatic rings. The van der Waals surface area contributed by atoms with Gasteiger partial charge in [0, 0.05) is 19.1 Å². The van der Waals surface area contributed by atoms with Gasteiger partial charge in [-0.3, -0.25) is 0 Å². The van der Waals surface area contributed by atoms with Gasteiger partial charge in [-0.2, -0.15) is 5.10 Å². The second kappa shape index (κ2) is 6.94. The van der Waals surface area contributed by atoms with Crippen LogP contribution in [-0.4, -0.2) is 42.0 Å². The highest BCUT2D eigenvalue weighted by atomic mass is 16.5. The van der Waals surface area contributed by atoms with Gasteiger partial charge in [-0.05, 0) is 57.1 Å². The zero-order valence-corrected chi connectivity index (χ0v) is 13.2. The first-order valence-corrected chi connectivity index (χ1v) is 8.30. The van der Waals surface area contributed by atoms with E-state index in [-0.39, 0.29) is 12.1 Å². The molecule has 1 N–H and O–H groups in total. The average molecular weight is 304 g/mol. The monoisotopic (exact) mass is 304 g/mol. The number of nitrogens with one attached hydrogen (secondary N) is 1. The van der Waals surface area contributed by atoms with Crippen molar-refractivity contribution in [1.82, 2.24) is 15.5 Å². The number of fused-ring (bicyclic) bond motifs is 1. The predicted octanol–water partition coefficient (Wildman–Crippen LogP) is 2.07. The van der Waals surface area contributed by atoms with Gasteiger partial charge in [0.15, 0.2) is 5.82 Å². The molecule has 1 aromatic heterocycles. The molecular formula is C16H24N4O2. The summed E-state index contributed by atoms with van der Waals surface area (Å²) in [6, 6.07) is 2.40. The first-order chi connectivity index (χ1) is 10.8. The fourth-order valence-electron chi connectivity index (χ4n) is 3.23. The van der Waals surface area contributed by atoms with Gasteiger partial charge in [-0.1, -0.05) is 0 Å². The summed E-state index contributed by atoms with van der Waals surface area (Å²) in [5.41, 5.74) is 2.54. The minimum Gasteiger partial charge on any atom is -0.450 e. The number of piperidine rings is 1.